The highest BCUT2D eigenvalue weighted by atomic mass is 79.9. The lowest BCUT2D eigenvalue weighted by Crippen LogP contribution is -2.52. The van der Waals surface area contributed by atoms with Gasteiger partial charge in [-0.15, -0.1) is 0 Å². The van der Waals surface area contributed by atoms with Gasteiger partial charge in [0.2, 0.25) is 5.67 Å². The molecule has 0 radical (unpaired) electrons. The average Bonchev–Trinajstić information content (AvgIpc) is 2.47. The molecule has 2 rings (SSSR count). The Morgan fingerprint density at radius 2 is 1.95 bits per heavy atom. The number of aliphatic carboxylic acids is 1. The molecule has 0 spiro atoms. The molecular formula is C15H16BrFO4. The SMILES string of the molecule is COC(=O)[C@]1(F)[C@@H](C(=O)O)CCC[C@H]1c1ccc(Br)cc1. The Labute approximate surface area is 130 Å². The molecule has 0 saturated heterocycles. The first-order valence-electron chi connectivity index (χ1n) is 6.66. The molecule has 1 N–H and O–H groups in total. The van der Waals surface area contributed by atoms with Crippen LogP contribution in [0.4, 0.5) is 4.39 Å². The van der Waals surface area contributed by atoms with Crippen LogP contribution in [0.15, 0.2) is 28.7 Å². The van der Waals surface area contributed by atoms with Gasteiger partial charge in [-0.25, -0.2) is 9.18 Å². The van der Waals surface area contributed by atoms with Crippen molar-refractivity contribution < 1.29 is 23.8 Å². The molecule has 1 saturated carbocycles. The highest BCUT2D eigenvalue weighted by Gasteiger charge is 2.58. The smallest absolute Gasteiger partial charge is 0.345 e. The van der Waals surface area contributed by atoms with Gasteiger partial charge in [0.1, 0.15) is 5.92 Å². The Morgan fingerprint density at radius 1 is 1.33 bits per heavy atom. The maximum absolute atomic E-state index is 15.5. The van der Waals surface area contributed by atoms with Gasteiger partial charge in [-0.3, -0.25) is 4.79 Å². The molecule has 6 heteroatoms. The number of alkyl halides is 1. The third-order valence-corrected chi connectivity index (χ3v) is 4.60. The summed E-state index contributed by atoms with van der Waals surface area (Å²) in [7, 11) is 1.08. The van der Waals surface area contributed by atoms with Crippen molar-refractivity contribution in [1.29, 1.82) is 0 Å². The summed E-state index contributed by atoms with van der Waals surface area (Å²) in [5.74, 6) is -4.60. The molecule has 3 atom stereocenters. The molecule has 21 heavy (non-hydrogen) atoms. The number of methoxy groups -OCH3 is 1. The third kappa shape index (κ3) is 2.81. The number of hydrogen-bond acceptors (Lipinski definition) is 3. The molecule has 1 aliphatic carbocycles. The van der Waals surface area contributed by atoms with E-state index in [1.165, 1.54) is 0 Å². The van der Waals surface area contributed by atoms with Crippen molar-refractivity contribution >= 4 is 27.9 Å². The van der Waals surface area contributed by atoms with Crippen LogP contribution in [0, 0.1) is 5.92 Å². The largest absolute Gasteiger partial charge is 0.481 e. The fourth-order valence-electron chi connectivity index (χ4n) is 3.04. The van der Waals surface area contributed by atoms with Crippen LogP contribution in [0.1, 0.15) is 30.7 Å². The van der Waals surface area contributed by atoms with Crippen molar-refractivity contribution in [2.45, 2.75) is 30.8 Å². The van der Waals surface area contributed by atoms with E-state index in [1.54, 1.807) is 24.3 Å². The molecular weight excluding hydrogens is 343 g/mol. The molecule has 1 aromatic carbocycles. The second-order valence-corrected chi connectivity index (χ2v) is 6.10. The van der Waals surface area contributed by atoms with Crippen molar-refractivity contribution in [3.05, 3.63) is 34.3 Å². The van der Waals surface area contributed by atoms with Crippen LogP contribution in [0.2, 0.25) is 0 Å². The van der Waals surface area contributed by atoms with Crippen LogP contribution in [0.3, 0.4) is 0 Å². The molecule has 1 aliphatic rings. The van der Waals surface area contributed by atoms with E-state index in [9.17, 15) is 14.7 Å². The fourth-order valence-corrected chi connectivity index (χ4v) is 3.30. The number of rotatable bonds is 3. The number of carboxylic acids is 1. The number of halogens is 2. The van der Waals surface area contributed by atoms with E-state index in [0.29, 0.717) is 18.4 Å². The Kier molecular flexibility index (Phi) is 4.66. The van der Waals surface area contributed by atoms with Crippen LogP contribution in [0.5, 0.6) is 0 Å². The number of hydrogen-bond donors (Lipinski definition) is 1. The predicted molar refractivity (Wildman–Crippen MR) is 77.7 cm³/mol. The van der Waals surface area contributed by atoms with Gasteiger partial charge in [-0.2, -0.15) is 0 Å². The first-order valence-corrected chi connectivity index (χ1v) is 7.46. The maximum atomic E-state index is 15.5. The van der Waals surface area contributed by atoms with Crippen molar-refractivity contribution in [1.82, 2.24) is 0 Å². The Balaban J connectivity index is 2.48. The molecule has 0 aliphatic heterocycles. The summed E-state index contributed by atoms with van der Waals surface area (Å²) in [4.78, 5) is 23.4. The summed E-state index contributed by atoms with van der Waals surface area (Å²) in [6.45, 7) is 0. The summed E-state index contributed by atoms with van der Waals surface area (Å²) in [5, 5.41) is 9.27. The summed E-state index contributed by atoms with van der Waals surface area (Å²) in [6.07, 6.45) is 1.10. The monoisotopic (exact) mass is 358 g/mol. The molecule has 4 nitrogen and oxygen atoms in total. The Morgan fingerprint density at radius 3 is 2.48 bits per heavy atom. The zero-order chi connectivity index (χ0) is 15.6. The lowest BCUT2D eigenvalue weighted by Gasteiger charge is -2.39. The lowest BCUT2D eigenvalue weighted by atomic mass is 9.67. The van der Waals surface area contributed by atoms with E-state index >= 15 is 4.39 Å². The molecule has 1 fully saturated rings. The van der Waals surface area contributed by atoms with Gasteiger partial charge in [0.05, 0.1) is 7.11 Å². The summed E-state index contributed by atoms with van der Waals surface area (Å²) in [5.41, 5.74) is -1.93. The topological polar surface area (TPSA) is 63.6 Å². The standard InChI is InChI=1S/C15H16BrFO4/c1-21-14(20)15(17)11(3-2-4-12(15)13(18)19)9-5-7-10(16)8-6-9/h5-8,11-12H,2-4H2,1H3,(H,18,19)/t11-,12+,15+/m0/s1. The molecule has 0 heterocycles. The van der Waals surface area contributed by atoms with Crippen molar-refractivity contribution in [2.24, 2.45) is 5.92 Å². The Bertz CT molecular complexity index is 545. The molecule has 0 bridgehead atoms. The van der Waals surface area contributed by atoms with Gasteiger partial charge in [-0.05, 0) is 30.5 Å². The maximum Gasteiger partial charge on any atom is 0.345 e. The van der Waals surface area contributed by atoms with Gasteiger partial charge < -0.3 is 9.84 Å². The summed E-state index contributed by atoms with van der Waals surface area (Å²) < 4.78 is 20.9. The van der Waals surface area contributed by atoms with E-state index < -0.39 is 29.4 Å². The van der Waals surface area contributed by atoms with E-state index in [4.69, 9.17) is 0 Å². The second-order valence-electron chi connectivity index (χ2n) is 5.19. The minimum absolute atomic E-state index is 0.133. The van der Waals surface area contributed by atoms with Gasteiger partial charge in [0.25, 0.3) is 0 Å². The second kappa shape index (κ2) is 6.13. The van der Waals surface area contributed by atoms with E-state index in [2.05, 4.69) is 20.7 Å². The van der Waals surface area contributed by atoms with Gasteiger partial charge in [0, 0.05) is 10.4 Å². The Hall–Kier alpha value is -1.43. The fraction of sp³-hybridized carbons (Fsp3) is 0.467. The highest BCUT2D eigenvalue weighted by molar-refractivity contribution is 9.10. The van der Waals surface area contributed by atoms with Crippen molar-refractivity contribution in [2.75, 3.05) is 7.11 Å². The van der Waals surface area contributed by atoms with Crippen molar-refractivity contribution in [3.63, 3.8) is 0 Å². The number of benzene rings is 1. The molecule has 0 aromatic heterocycles. The quantitative estimate of drug-likeness (QED) is 0.842. The summed E-state index contributed by atoms with van der Waals surface area (Å²) in [6, 6.07) is 6.90. The van der Waals surface area contributed by atoms with Crippen LogP contribution < -0.4 is 0 Å². The lowest BCUT2D eigenvalue weighted by molar-refractivity contribution is -0.173. The summed E-state index contributed by atoms with van der Waals surface area (Å²) >= 11 is 3.30. The molecule has 1 aromatic rings. The van der Waals surface area contributed by atoms with Gasteiger partial charge in [-0.1, -0.05) is 34.5 Å². The van der Waals surface area contributed by atoms with E-state index in [0.717, 1.165) is 11.6 Å². The normalized spacial score (nSPS) is 28.9. The highest BCUT2D eigenvalue weighted by Crippen LogP contribution is 2.48. The van der Waals surface area contributed by atoms with Crippen LogP contribution in [0.25, 0.3) is 0 Å². The molecule has 0 amide bonds. The van der Waals surface area contributed by atoms with Gasteiger partial charge >= 0.3 is 11.9 Å². The number of ether oxygens (including phenoxy) is 1. The third-order valence-electron chi connectivity index (χ3n) is 4.07. The van der Waals surface area contributed by atoms with Crippen molar-refractivity contribution in [3.8, 4) is 0 Å². The minimum Gasteiger partial charge on any atom is -0.481 e. The van der Waals surface area contributed by atoms with Crippen LogP contribution >= 0.6 is 15.9 Å². The van der Waals surface area contributed by atoms with Crippen LogP contribution in [-0.2, 0) is 14.3 Å². The van der Waals surface area contributed by atoms with E-state index in [1.807, 2.05) is 0 Å². The first kappa shape index (κ1) is 15.9. The van der Waals surface area contributed by atoms with Crippen LogP contribution in [-0.4, -0.2) is 29.8 Å². The molecule has 114 valence electrons. The number of carbonyl (C=O) groups is 2. The van der Waals surface area contributed by atoms with Gasteiger partial charge in [0.15, 0.2) is 0 Å². The number of carbonyl (C=O) groups excluding carboxylic acids is 1. The first-order chi connectivity index (χ1) is 9.91. The number of esters is 1. The predicted octanol–water partition coefficient (Wildman–Crippen LogP) is 3.30. The molecule has 0 unspecified atom stereocenters. The zero-order valence-electron chi connectivity index (χ0n) is 11.5. The average molecular weight is 359 g/mol. The minimum atomic E-state index is -2.54. The zero-order valence-corrected chi connectivity index (χ0v) is 13.1. The van der Waals surface area contributed by atoms with E-state index in [-0.39, 0.29) is 6.42 Å². The number of carboxylic acid groups (broad SMARTS) is 1.